The van der Waals surface area contributed by atoms with Crippen molar-refractivity contribution >= 4 is 5.69 Å². The largest absolute Gasteiger partial charge is 0.573 e. The molecule has 0 saturated heterocycles. The normalized spacial score (nSPS) is 11.4. The van der Waals surface area contributed by atoms with E-state index in [1.54, 1.807) is 0 Å². The number of hydrogen-bond acceptors (Lipinski definition) is 4. The number of nitrogens with zero attached hydrogens (tertiary/aromatic N) is 1. The van der Waals surface area contributed by atoms with Crippen LogP contribution in [0.1, 0.15) is 5.69 Å². The molecule has 0 aliphatic heterocycles. The average molecular weight is 207 g/mol. The number of halogens is 3. The second kappa shape index (κ2) is 3.70. The molecular formula is C7H8F3N3O. The standard InChI is InChI=1S/C7H8F3N3O/c8-7(9,10)14-6-4(12)1-2-13-5(6)3-11/h1-2H,3,11H2,(H2,12,13). The van der Waals surface area contributed by atoms with Crippen molar-refractivity contribution < 1.29 is 17.9 Å². The first-order chi connectivity index (χ1) is 6.44. The van der Waals surface area contributed by atoms with Crippen molar-refractivity contribution in [2.75, 3.05) is 5.73 Å². The third kappa shape index (κ3) is 2.49. The zero-order valence-corrected chi connectivity index (χ0v) is 7.01. The number of alkyl halides is 3. The lowest BCUT2D eigenvalue weighted by Gasteiger charge is -2.13. The minimum atomic E-state index is -4.79. The monoisotopic (exact) mass is 207 g/mol. The van der Waals surface area contributed by atoms with Crippen LogP contribution in [0.3, 0.4) is 0 Å². The Kier molecular flexibility index (Phi) is 2.80. The van der Waals surface area contributed by atoms with Gasteiger partial charge in [0, 0.05) is 12.7 Å². The molecule has 0 aliphatic carbocycles. The predicted molar refractivity (Wildman–Crippen MR) is 43.2 cm³/mol. The Bertz CT molecular complexity index is 326. The number of nitrogen functional groups attached to an aromatic ring is 1. The summed E-state index contributed by atoms with van der Waals surface area (Å²) in [6.45, 7) is -0.170. The second-order valence-electron chi connectivity index (χ2n) is 2.43. The molecule has 0 spiro atoms. The average Bonchev–Trinajstić information content (AvgIpc) is 2.06. The lowest BCUT2D eigenvalue weighted by molar-refractivity contribution is -0.274. The molecule has 0 amide bonds. The van der Waals surface area contributed by atoms with E-state index in [9.17, 15) is 13.2 Å². The number of rotatable bonds is 2. The van der Waals surface area contributed by atoms with E-state index in [4.69, 9.17) is 11.5 Å². The second-order valence-corrected chi connectivity index (χ2v) is 2.43. The molecular weight excluding hydrogens is 199 g/mol. The Labute approximate surface area is 77.7 Å². The van der Waals surface area contributed by atoms with E-state index >= 15 is 0 Å². The molecule has 1 aromatic rings. The number of aromatic nitrogens is 1. The van der Waals surface area contributed by atoms with E-state index in [1.807, 2.05) is 0 Å². The van der Waals surface area contributed by atoms with Crippen LogP contribution in [0.5, 0.6) is 5.75 Å². The van der Waals surface area contributed by atoms with E-state index in [1.165, 1.54) is 12.3 Å². The highest BCUT2D eigenvalue weighted by Gasteiger charge is 2.33. The van der Waals surface area contributed by atoms with E-state index in [0.717, 1.165) is 0 Å². The van der Waals surface area contributed by atoms with Gasteiger partial charge in [-0.1, -0.05) is 0 Å². The van der Waals surface area contributed by atoms with E-state index in [2.05, 4.69) is 9.72 Å². The summed E-state index contributed by atoms with van der Waals surface area (Å²) in [6, 6.07) is 1.21. The fraction of sp³-hybridized carbons (Fsp3) is 0.286. The molecule has 0 radical (unpaired) electrons. The zero-order valence-electron chi connectivity index (χ0n) is 7.01. The van der Waals surface area contributed by atoms with Crippen LogP contribution in [0.15, 0.2) is 12.3 Å². The SMILES string of the molecule is NCc1nccc(N)c1OC(F)(F)F. The highest BCUT2D eigenvalue weighted by Crippen LogP contribution is 2.30. The molecule has 0 saturated carbocycles. The lowest BCUT2D eigenvalue weighted by atomic mass is 10.3. The van der Waals surface area contributed by atoms with Crippen molar-refractivity contribution in [3.8, 4) is 5.75 Å². The number of pyridine rings is 1. The first-order valence-corrected chi connectivity index (χ1v) is 3.63. The van der Waals surface area contributed by atoms with Gasteiger partial charge in [-0.25, -0.2) is 0 Å². The molecule has 0 unspecified atom stereocenters. The summed E-state index contributed by atoms with van der Waals surface area (Å²) in [4.78, 5) is 3.61. The van der Waals surface area contributed by atoms with Crippen LogP contribution < -0.4 is 16.2 Å². The Morgan fingerprint density at radius 2 is 2.07 bits per heavy atom. The van der Waals surface area contributed by atoms with Crippen molar-refractivity contribution in [2.45, 2.75) is 12.9 Å². The molecule has 1 rings (SSSR count). The molecule has 14 heavy (non-hydrogen) atoms. The highest BCUT2D eigenvalue weighted by molar-refractivity contribution is 5.54. The zero-order chi connectivity index (χ0) is 10.8. The highest BCUT2D eigenvalue weighted by atomic mass is 19.4. The van der Waals surface area contributed by atoms with Gasteiger partial charge in [0.05, 0.1) is 11.4 Å². The van der Waals surface area contributed by atoms with Gasteiger partial charge in [-0.2, -0.15) is 0 Å². The molecule has 78 valence electrons. The van der Waals surface area contributed by atoms with Gasteiger partial charge in [0.15, 0.2) is 5.75 Å². The van der Waals surface area contributed by atoms with Crippen LogP contribution in [-0.2, 0) is 6.54 Å². The van der Waals surface area contributed by atoms with E-state index in [-0.39, 0.29) is 17.9 Å². The fourth-order valence-electron chi connectivity index (χ4n) is 0.887. The molecule has 7 heteroatoms. The van der Waals surface area contributed by atoms with Crippen molar-refractivity contribution in [3.63, 3.8) is 0 Å². The topological polar surface area (TPSA) is 74.2 Å². The van der Waals surface area contributed by atoms with Crippen molar-refractivity contribution in [3.05, 3.63) is 18.0 Å². The van der Waals surface area contributed by atoms with Crippen LogP contribution in [0.2, 0.25) is 0 Å². The van der Waals surface area contributed by atoms with E-state index < -0.39 is 12.1 Å². The Balaban J connectivity index is 3.05. The van der Waals surface area contributed by atoms with Gasteiger partial charge < -0.3 is 16.2 Å². The molecule has 0 aliphatic rings. The third-order valence-corrected chi connectivity index (χ3v) is 1.42. The van der Waals surface area contributed by atoms with Crippen LogP contribution in [0, 0.1) is 0 Å². The van der Waals surface area contributed by atoms with Crippen LogP contribution >= 0.6 is 0 Å². The molecule has 1 aromatic heterocycles. The molecule has 0 aromatic carbocycles. The summed E-state index contributed by atoms with van der Waals surface area (Å²) >= 11 is 0. The quantitative estimate of drug-likeness (QED) is 0.759. The molecule has 1 heterocycles. The molecule has 0 atom stereocenters. The molecule has 4 N–H and O–H groups in total. The van der Waals surface area contributed by atoms with Crippen LogP contribution in [0.25, 0.3) is 0 Å². The van der Waals surface area contributed by atoms with Crippen LogP contribution in [-0.4, -0.2) is 11.3 Å². The van der Waals surface area contributed by atoms with E-state index in [0.29, 0.717) is 0 Å². The number of nitrogens with two attached hydrogens (primary N) is 2. The summed E-state index contributed by atoms with van der Waals surface area (Å²) in [5, 5.41) is 0. The summed E-state index contributed by atoms with van der Waals surface area (Å²) in [7, 11) is 0. The summed E-state index contributed by atoms with van der Waals surface area (Å²) < 4.78 is 39.4. The lowest BCUT2D eigenvalue weighted by Crippen LogP contribution is -2.20. The van der Waals surface area contributed by atoms with Gasteiger partial charge in [-0.15, -0.1) is 13.2 Å². The van der Waals surface area contributed by atoms with Gasteiger partial charge in [0.1, 0.15) is 0 Å². The minimum Gasteiger partial charge on any atom is -0.402 e. The van der Waals surface area contributed by atoms with Crippen molar-refractivity contribution in [1.82, 2.24) is 4.98 Å². The number of anilines is 1. The number of hydrogen-bond donors (Lipinski definition) is 2. The maximum absolute atomic E-state index is 11.9. The third-order valence-electron chi connectivity index (χ3n) is 1.42. The predicted octanol–water partition coefficient (Wildman–Crippen LogP) is 1.02. The Morgan fingerprint density at radius 3 is 2.57 bits per heavy atom. The van der Waals surface area contributed by atoms with Gasteiger partial charge in [0.2, 0.25) is 0 Å². The maximum Gasteiger partial charge on any atom is 0.573 e. The number of ether oxygens (including phenoxy) is 1. The minimum absolute atomic E-state index is 0.0256. The first kappa shape index (κ1) is 10.6. The summed E-state index contributed by atoms with van der Waals surface area (Å²) in [6.07, 6.45) is -3.53. The van der Waals surface area contributed by atoms with Crippen molar-refractivity contribution in [2.24, 2.45) is 5.73 Å². The van der Waals surface area contributed by atoms with Gasteiger partial charge in [-0.3, -0.25) is 4.98 Å². The van der Waals surface area contributed by atoms with Gasteiger partial charge in [0.25, 0.3) is 0 Å². The molecule has 0 fully saturated rings. The van der Waals surface area contributed by atoms with Gasteiger partial charge >= 0.3 is 6.36 Å². The molecule has 4 nitrogen and oxygen atoms in total. The van der Waals surface area contributed by atoms with Gasteiger partial charge in [-0.05, 0) is 6.07 Å². The maximum atomic E-state index is 11.9. The summed E-state index contributed by atoms with van der Waals surface area (Å²) in [5.74, 6) is -0.525. The molecule has 0 bridgehead atoms. The summed E-state index contributed by atoms with van der Waals surface area (Å²) in [5.41, 5.74) is 10.3. The fourth-order valence-corrected chi connectivity index (χ4v) is 0.887. The Hall–Kier alpha value is -1.50. The van der Waals surface area contributed by atoms with Crippen molar-refractivity contribution in [1.29, 1.82) is 0 Å². The smallest absolute Gasteiger partial charge is 0.402 e. The van der Waals surface area contributed by atoms with Crippen LogP contribution in [0.4, 0.5) is 18.9 Å². The first-order valence-electron chi connectivity index (χ1n) is 3.63. The Morgan fingerprint density at radius 1 is 1.43 bits per heavy atom.